The number of aliphatic carboxylic acids is 1. The van der Waals surface area contributed by atoms with E-state index in [1.54, 1.807) is 23.5 Å². The fraction of sp³-hybridized carbons (Fsp3) is 0.240. The Morgan fingerprint density at radius 1 is 1.09 bits per heavy atom. The zero-order valence-electron chi connectivity index (χ0n) is 18.0. The van der Waals surface area contributed by atoms with Crippen LogP contribution in [-0.4, -0.2) is 32.6 Å². The number of nitrogens with one attached hydrogen (secondary N) is 1. The normalized spacial score (nSPS) is 12.2. The van der Waals surface area contributed by atoms with Crippen molar-refractivity contribution in [3.8, 4) is 5.69 Å². The highest BCUT2D eigenvalue weighted by Gasteiger charge is 2.22. The van der Waals surface area contributed by atoms with E-state index in [-0.39, 0.29) is 5.92 Å². The van der Waals surface area contributed by atoms with Gasteiger partial charge in [0.05, 0.1) is 11.0 Å². The maximum absolute atomic E-state index is 12.8. The van der Waals surface area contributed by atoms with Gasteiger partial charge in [-0.05, 0) is 54.1 Å². The zero-order chi connectivity index (χ0) is 22.7. The van der Waals surface area contributed by atoms with E-state index in [9.17, 15) is 14.7 Å². The lowest BCUT2D eigenvalue weighted by molar-refractivity contribution is -0.139. The molecule has 0 unspecified atom stereocenters. The number of aromatic nitrogens is 2. The van der Waals surface area contributed by atoms with Gasteiger partial charge < -0.3 is 10.4 Å². The van der Waals surface area contributed by atoms with E-state index in [0.29, 0.717) is 23.9 Å². The molecule has 2 aromatic heterocycles. The van der Waals surface area contributed by atoms with Gasteiger partial charge in [-0.15, -0.1) is 11.3 Å². The average Bonchev–Trinajstić information content (AvgIpc) is 3.40. The van der Waals surface area contributed by atoms with Crippen LogP contribution in [0.1, 0.15) is 41.3 Å². The number of hydrogen-bond donors (Lipinski definition) is 2. The van der Waals surface area contributed by atoms with Crippen LogP contribution >= 0.6 is 11.3 Å². The van der Waals surface area contributed by atoms with E-state index in [4.69, 9.17) is 4.98 Å². The molecular formula is C25H25N3O3S. The predicted molar refractivity (Wildman–Crippen MR) is 127 cm³/mol. The topological polar surface area (TPSA) is 84.2 Å². The van der Waals surface area contributed by atoms with Crippen molar-refractivity contribution in [2.75, 3.05) is 0 Å². The van der Waals surface area contributed by atoms with Crippen molar-refractivity contribution in [3.63, 3.8) is 0 Å². The molecule has 0 aliphatic rings. The lowest BCUT2D eigenvalue weighted by atomic mass is 10.0. The smallest absolute Gasteiger partial charge is 0.326 e. The number of nitrogens with zero attached hydrogens (tertiary/aromatic N) is 2. The summed E-state index contributed by atoms with van der Waals surface area (Å²) in [5, 5.41) is 14.1. The van der Waals surface area contributed by atoms with Gasteiger partial charge in [0.2, 0.25) is 0 Å². The summed E-state index contributed by atoms with van der Waals surface area (Å²) in [4.78, 5) is 30.4. The maximum atomic E-state index is 12.8. The molecule has 0 bridgehead atoms. The molecule has 1 amide bonds. The first-order chi connectivity index (χ1) is 15.4. The summed E-state index contributed by atoms with van der Waals surface area (Å²) in [6.45, 7) is 3.86. The van der Waals surface area contributed by atoms with Gasteiger partial charge in [0.25, 0.3) is 5.91 Å². The largest absolute Gasteiger partial charge is 0.480 e. The van der Waals surface area contributed by atoms with Gasteiger partial charge in [0, 0.05) is 22.5 Å². The summed E-state index contributed by atoms with van der Waals surface area (Å²) in [6.07, 6.45) is 1.05. The predicted octanol–water partition coefficient (Wildman–Crippen LogP) is 4.91. The molecule has 7 heteroatoms. The molecule has 0 fully saturated rings. The molecule has 164 valence electrons. The summed E-state index contributed by atoms with van der Waals surface area (Å²) >= 11 is 1.68. The van der Waals surface area contributed by atoms with Crippen molar-refractivity contribution in [1.82, 2.24) is 14.9 Å². The van der Waals surface area contributed by atoms with Crippen LogP contribution in [0, 0.1) is 5.92 Å². The Bertz CT molecular complexity index is 1230. The molecule has 0 aliphatic heterocycles. The number of fused-ring (bicyclic) bond motifs is 1. The monoisotopic (exact) mass is 447 g/mol. The van der Waals surface area contributed by atoms with Gasteiger partial charge in [0.1, 0.15) is 11.9 Å². The van der Waals surface area contributed by atoms with Crippen molar-refractivity contribution in [3.05, 3.63) is 82.3 Å². The molecular weight excluding hydrogens is 422 g/mol. The van der Waals surface area contributed by atoms with Crippen molar-refractivity contribution >= 4 is 34.2 Å². The molecule has 2 N–H and O–H groups in total. The highest BCUT2D eigenvalue weighted by molar-refractivity contribution is 7.09. The molecule has 1 atom stereocenters. The fourth-order valence-corrected chi connectivity index (χ4v) is 4.46. The second kappa shape index (κ2) is 9.36. The highest BCUT2D eigenvalue weighted by atomic mass is 32.1. The molecule has 6 nitrogen and oxygen atoms in total. The summed E-state index contributed by atoms with van der Waals surface area (Å²) in [5.41, 5.74) is 2.99. The van der Waals surface area contributed by atoms with Gasteiger partial charge in [0.15, 0.2) is 0 Å². The van der Waals surface area contributed by atoms with Gasteiger partial charge in [-0.3, -0.25) is 9.36 Å². The Labute approximate surface area is 190 Å². The molecule has 0 radical (unpaired) electrons. The fourth-order valence-electron chi connectivity index (χ4n) is 3.76. The third-order valence-corrected chi connectivity index (χ3v) is 6.10. The third-order valence-electron chi connectivity index (χ3n) is 5.22. The zero-order valence-corrected chi connectivity index (χ0v) is 18.8. The lowest BCUT2D eigenvalue weighted by Crippen LogP contribution is -2.41. The third kappa shape index (κ3) is 4.73. The minimum atomic E-state index is -1.03. The van der Waals surface area contributed by atoms with E-state index in [1.807, 2.05) is 61.7 Å². The number of carbonyl (C=O) groups excluding carboxylic acids is 1. The summed E-state index contributed by atoms with van der Waals surface area (Å²) in [6, 6.07) is 18.5. The molecule has 0 aliphatic carbocycles. The minimum Gasteiger partial charge on any atom is -0.480 e. The number of rotatable bonds is 8. The number of carboxylic acids is 1. The quantitative estimate of drug-likeness (QED) is 0.402. The van der Waals surface area contributed by atoms with Gasteiger partial charge in [-0.2, -0.15) is 0 Å². The van der Waals surface area contributed by atoms with Crippen LogP contribution in [0.2, 0.25) is 0 Å². The molecule has 4 aromatic rings. The molecule has 2 heterocycles. The Balaban J connectivity index is 1.71. The van der Waals surface area contributed by atoms with E-state index < -0.39 is 17.9 Å². The summed E-state index contributed by atoms with van der Waals surface area (Å²) in [5.74, 6) is -0.400. The van der Waals surface area contributed by atoms with Crippen LogP contribution < -0.4 is 5.32 Å². The number of hydrogen-bond acceptors (Lipinski definition) is 4. The van der Waals surface area contributed by atoms with Gasteiger partial charge in [-0.1, -0.05) is 38.1 Å². The van der Waals surface area contributed by atoms with Crippen LogP contribution in [0.5, 0.6) is 0 Å². The first kappa shape index (κ1) is 21.8. The Hall–Kier alpha value is -3.45. The first-order valence-corrected chi connectivity index (χ1v) is 11.4. The lowest BCUT2D eigenvalue weighted by Gasteiger charge is -2.16. The van der Waals surface area contributed by atoms with Crippen LogP contribution in [0.15, 0.2) is 66.0 Å². The molecule has 0 spiro atoms. The number of carbonyl (C=O) groups is 2. The number of carboxylic acid groups (broad SMARTS) is 1. The SMILES string of the molecule is CC(C)C[C@H](NC(=O)c1ccc2c(c1)nc(Cc1cccs1)n2-c1ccccc1)C(=O)O. The molecule has 4 rings (SSSR count). The van der Waals surface area contributed by atoms with Crippen LogP contribution in [0.4, 0.5) is 0 Å². The van der Waals surface area contributed by atoms with Gasteiger partial charge >= 0.3 is 5.97 Å². The Kier molecular flexibility index (Phi) is 6.37. The minimum absolute atomic E-state index is 0.153. The first-order valence-electron chi connectivity index (χ1n) is 10.5. The number of para-hydroxylation sites is 1. The van der Waals surface area contributed by atoms with Crippen molar-refractivity contribution in [2.45, 2.75) is 32.7 Å². The summed E-state index contributed by atoms with van der Waals surface area (Å²) < 4.78 is 2.11. The number of amides is 1. The molecule has 0 saturated heterocycles. The Morgan fingerprint density at radius 2 is 1.88 bits per heavy atom. The van der Waals surface area contributed by atoms with Crippen LogP contribution in [0.25, 0.3) is 16.7 Å². The van der Waals surface area contributed by atoms with E-state index in [0.717, 1.165) is 17.0 Å². The average molecular weight is 448 g/mol. The molecule has 32 heavy (non-hydrogen) atoms. The van der Waals surface area contributed by atoms with Crippen molar-refractivity contribution in [1.29, 1.82) is 0 Å². The molecule has 2 aromatic carbocycles. The Morgan fingerprint density at radius 3 is 2.53 bits per heavy atom. The van der Waals surface area contributed by atoms with Crippen LogP contribution in [0.3, 0.4) is 0 Å². The highest BCUT2D eigenvalue weighted by Crippen LogP contribution is 2.25. The number of thiophene rings is 1. The maximum Gasteiger partial charge on any atom is 0.326 e. The number of benzene rings is 2. The van der Waals surface area contributed by atoms with E-state index in [2.05, 4.69) is 16.0 Å². The van der Waals surface area contributed by atoms with Crippen LogP contribution in [-0.2, 0) is 11.2 Å². The standard InChI is InChI=1S/C25H25N3O3S/c1-16(2)13-21(25(30)31)27-24(29)17-10-11-22-20(14-17)26-23(15-19-9-6-12-32-19)28(22)18-7-4-3-5-8-18/h3-12,14,16,21H,13,15H2,1-2H3,(H,27,29)(H,30,31)/t21-/m0/s1. The number of imidazole rings is 1. The van der Waals surface area contributed by atoms with E-state index >= 15 is 0 Å². The second-order valence-electron chi connectivity index (χ2n) is 8.15. The summed E-state index contributed by atoms with van der Waals surface area (Å²) in [7, 11) is 0. The second-order valence-corrected chi connectivity index (χ2v) is 9.18. The van der Waals surface area contributed by atoms with Crippen molar-refractivity contribution < 1.29 is 14.7 Å². The van der Waals surface area contributed by atoms with Crippen molar-refractivity contribution in [2.24, 2.45) is 5.92 Å². The van der Waals surface area contributed by atoms with Gasteiger partial charge in [-0.25, -0.2) is 9.78 Å². The van der Waals surface area contributed by atoms with E-state index in [1.165, 1.54) is 4.88 Å². The molecule has 0 saturated carbocycles.